The van der Waals surface area contributed by atoms with Crippen LogP contribution in [0, 0.1) is 0 Å². The number of rotatable bonds is 7. The van der Waals surface area contributed by atoms with Crippen LogP contribution in [0.3, 0.4) is 0 Å². The van der Waals surface area contributed by atoms with Gasteiger partial charge in [0.15, 0.2) is 11.5 Å². The largest absolute Gasteiger partial charge is 0.383 e. The molecule has 0 saturated heterocycles. The summed E-state index contributed by atoms with van der Waals surface area (Å²) < 4.78 is 8.72. The Balaban J connectivity index is 1.61. The van der Waals surface area contributed by atoms with Gasteiger partial charge in [0.2, 0.25) is 0 Å². The fraction of sp³-hybridized carbons (Fsp3) is 0.688. The highest BCUT2D eigenvalue weighted by atomic mass is 16.5. The fourth-order valence-electron chi connectivity index (χ4n) is 3.22. The maximum absolute atomic E-state index is 12.5. The number of ether oxygens (including phenoxy) is 1. The molecule has 3 N–H and O–H groups in total. The molecule has 2 heterocycles. The summed E-state index contributed by atoms with van der Waals surface area (Å²) in [5, 5.41) is 19.1. The number of hydrogen-bond donors (Lipinski definition) is 2. The molecule has 1 aliphatic rings. The minimum atomic E-state index is -0.306. The van der Waals surface area contributed by atoms with E-state index in [4.69, 9.17) is 10.5 Å². The van der Waals surface area contributed by atoms with Gasteiger partial charge < -0.3 is 20.4 Å². The van der Waals surface area contributed by atoms with Gasteiger partial charge in [0.05, 0.1) is 24.9 Å². The zero-order valence-corrected chi connectivity index (χ0v) is 15.2. The summed E-state index contributed by atoms with van der Waals surface area (Å²) >= 11 is 0. The second kappa shape index (κ2) is 8.37. The Morgan fingerprint density at radius 2 is 2.15 bits per heavy atom. The van der Waals surface area contributed by atoms with Crippen LogP contribution in [0.25, 0.3) is 0 Å². The van der Waals surface area contributed by atoms with Gasteiger partial charge in [0.25, 0.3) is 5.91 Å². The highest BCUT2D eigenvalue weighted by Gasteiger charge is 2.23. The molecule has 0 aliphatic heterocycles. The maximum Gasteiger partial charge on any atom is 0.274 e. The van der Waals surface area contributed by atoms with Crippen molar-refractivity contribution in [3.63, 3.8) is 0 Å². The Morgan fingerprint density at radius 3 is 2.88 bits per heavy atom. The van der Waals surface area contributed by atoms with Crippen molar-refractivity contribution in [2.45, 2.75) is 57.3 Å². The van der Waals surface area contributed by atoms with E-state index in [0.29, 0.717) is 24.7 Å². The smallest absolute Gasteiger partial charge is 0.274 e. The highest BCUT2D eigenvalue weighted by Crippen LogP contribution is 2.26. The number of nitrogens with zero attached hydrogens (tertiary/aromatic N) is 6. The van der Waals surface area contributed by atoms with E-state index in [1.807, 2.05) is 11.5 Å². The Kier molecular flexibility index (Phi) is 5.94. The summed E-state index contributed by atoms with van der Waals surface area (Å²) in [4.78, 5) is 12.5. The van der Waals surface area contributed by atoms with Gasteiger partial charge in [0.1, 0.15) is 6.33 Å². The van der Waals surface area contributed by atoms with Crippen LogP contribution in [0.1, 0.15) is 61.0 Å². The molecule has 0 radical (unpaired) electrons. The standard InChI is InChI=1S/C16H26N8O2/c1-11(15-21-18-10-23(15)7-8-26-2)19-16(25)14-9-24(22-20-14)13-5-3-12(17)4-6-13/h9-13H,3-8,17H2,1-2H3,(H,19,25)/t11-,12?,13?/m0/s1. The number of amides is 1. The van der Waals surface area contributed by atoms with E-state index in [0.717, 1.165) is 25.7 Å². The van der Waals surface area contributed by atoms with Crippen molar-refractivity contribution in [2.24, 2.45) is 5.73 Å². The van der Waals surface area contributed by atoms with Crippen molar-refractivity contribution >= 4 is 5.91 Å². The molecule has 1 fully saturated rings. The van der Waals surface area contributed by atoms with Crippen LogP contribution in [-0.4, -0.2) is 55.4 Å². The lowest BCUT2D eigenvalue weighted by Crippen LogP contribution is -2.29. The lowest BCUT2D eigenvalue weighted by atomic mass is 9.92. The lowest BCUT2D eigenvalue weighted by molar-refractivity contribution is 0.0932. The molecular formula is C16H26N8O2. The first kappa shape index (κ1) is 18.5. The van der Waals surface area contributed by atoms with Crippen molar-refractivity contribution in [1.29, 1.82) is 0 Å². The molecule has 2 aromatic heterocycles. The molecular weight excluding hydrogens is 336 g/mol. The second-order valence-electron chi connectivity index (χ2n) is 6.72. The molecule has 1 saturated carbocycles. The van der Waals surface area contributed by atoms with Crippen LogP contribution < -0.4 is 11.1 Å². The predicted octanol–water partition coefficient (Wildman–Crippen LogP) is 0.449. The third-order valence-corrected chi connectivity index (χ3v) is 4.78. The monoisotopic (exact) mass is 362 g/mol. The molecule has 2 aromatic rings. The Hall–Kier alpha value is -2.33. The molecule has 10 nitrogen and oxygen atoms in total. The summed E-state index contributed by atoms with van der Waals surface area (Å²) in [7, 11) is 1.64. The van der Waals surface area contributed by atoms with E-state index >= 15 is 0 Å². The minimum absolute atomic E-state index is 0.262. The predicted molar refractivity (Wildman–Crippen MR) is 93.3 cm³/mol. The molecule has 1 atom stereocenters. The number of hydrogen-bond acceptors (Lipinski definition) is 7. The zero-order valence-electron chi connectivity index (χ0n) is 15.2. The van der Waals surface area contributed by atoms with Gasteiger partial charge in [-0.05, 0) is 32.6 Å². The normalized spacial score (nSPS) is 21.5. The van der Waals surface area contributed by atoms with Crippen LogP contribution in [0.4, 0.5) is 0 Å². The van der Waals surface area contributed by atoms with Gasteiger partial charge >= 0.3 is 0 Å². The first-order valence-corrected chi connectivity index (χ1v) is 8.93. The number of carbonyl (C=O) groups excluding carboxylic acids is 1. The van der Waals surface area contributed by atoms with Crippen LogP contribution >= 0.6 is 0 Å². The van der Waals surface area contributed by atoms with Crippen LogP contribution in [0.5, 0.6) is 0 Å². The minimum Gasteiger partial charge on any atom is -0.383 e. The van der Waals surface area contributed by atoms with Crippen molar-refractivity contribution in [1.82, 2.24) is 35.1 Å². The Morgan fingerprint density at radius 1 is 1.38 bits per heavy atom. The summed E-state index contributed by atoms with van der Waals surface area (Å²) in [5.41, 5.74) is 6.24. The van der Waals surface area contributed by atoms with Crippen LogP contribution in [0.15, 0.2) is 12.5 Å². The van der Waals surface area contributed by atoms with Crippen molar-refractivity contribution < 1.29 is 9.53 Å². The molecule has 10 heteroatoms. The SMILES string of the molecule is COCCn1cnnc1[C@H](C)NC(=O)c1cn(C2CCC(N)CC2)nn1. The summed E-state index contributed by atoms with van der Waals surface area (Å²) in [6.07, 6.45) is 7.20. The van der Waals surface area contributed by atoms with Crippen LogP contribution in [-0.2, 0) is 11.3 Å². The first-order valence-electron chi connectivity index (χ1n) is 8.93. The second-order valence-corrected chi connectivity index (χ2v) is 6.72. The number of nitrogens with one attached hydrogen (secondary N) is 1. The van der Waals surface area contributed by atoms with Gasteiger partial charge in [-0.3, -0.25) is 4.79 Å². The topological polar surface area (TPSA) is 126 Å². The van der Waals surface area contributed by atoms with E-state index in [-0.39, 0.29) is 24.0 Å². The summed E-state index contributed by atoms with van der Waals surface area (Å²) in [6, 6.07) is 0.229. The van der Waals surface area contributed by atoms with E-state index in [1.165, 1.54) is 0 Å². The average molecular weight is 362 g/mol. The number of nitrogens with two attached hydrogens (primary N) is 1. The molecule has 1 amide bonds. The first-order chi connectivity index (χ1) is 12.6. The molecule has 0 aromatic carbocycles. The number of aromatic nitrogens is 6. The van der Waals surface area contributed by atoms with Gasteiger partial charge in [0, 0.05) is 19.7 Å². The van der Waals surface area contributed by atoms with Crippen molar-refractivity contribution in [3.05, 3.63) is 24.0 Å². The fourth-order valence-corrected chi connectivity index (χ4v) is 3.22. The summed E-state index contributed by atoms with van der Waals surface area (Å²) in [6.45, 7) is 3.03. The molecule has 0 spiro atoms. The molecule has 26 heavy (non-hydrogen) atoms. The molecule has 1 aliphatic carbocycles. The zero-order chi connectivity index (χ0) is 18.5. The molecule has 142 valence electrons. The van der Waals surface area contributed by atoms with Gasteiger partial charge in [-0.25, -0.2) is 4.68 Å². The van der Waals surface area contributed by atoms with E-state index < -0.39 is 0 Å². The quantitative estimate of drug-likeness (QED) is 0.732. The third kappa shape index (κ3) is 4.25. The Bertz CT molecular complexity index is 719. The lowest BCUT2D eigenvalue weighted by Gasteiger charge is -2.25. The maximum atomic E-state index is 12.5. The van der Waals surface area contributed by atoms with E-state index in [1.54, 1.807) is 24.3 Å². The number of carbonyl (C=O) groups is 1. The average Bonchev–Trinajstić information content (AvgIpc) is 3.30. The van der Waals surface area contributed by atoms with Gasteiger partial charge in [-0.15, -0.1) is 15.3 Å². The van der Waals surface area contributed by atoms with E-state index in [2.05, 4.69) is 25.8 Å². The van der Waals surface area contributed by atoms with Crippen LogP contribution in [0.2, 0.25) is 0 Å². The Labute approximate surface area is 152 Å². The summed E-state index contributed by atoms with van der Waals surface area (Å²) in [5.74, 6) is 0.390. The van der Waals surface area contributed by atoms with Crippen molar-refractivity contribution in [3.8, 4) is 0 Å². The molecule has 0 bridgehead atoms. The molecule has 3 rings (SSSR count). The van der Waals surface area contributed by atoms with Crippen molar-refractivity contribution in [2.75, 3.05) is 13.7 Å². The van der Waals surface area contributed by atoms with Gasteiger partial charge in [-0.1, -0.05) is 5.21 Å². The number of methoxy groups -OCH3 is 1. The van der Waals surface area contributed by atoms with E-state index in [9.17, 15) is 4.79 Å². The highest BCUT2D eigenvalue weighted by molar-refractivity contribution is 5.92. The van der Waals surface area contributed by atoms with Gasteiger partial charge in [-0.2, -0.15) is 0 Å². The third-order valence-electron chi connectivity index (χ3n) is 4.78. The molecule has 0 unspecified atom stereocenters.